The molecule has 2 aromatic carbocycles. The van der Waals surface area contributed by atoms with Crippen LogP contribution in [0.4, 0.5) is 4.79 Å². The number of carbonyl (C=O) groups excluding carboxylic acids is 3. The summed E-state index contributed by atoms with van der Waals surface area (Å²) in [6, 6.07) is 11.0. The molecule has 3 rings (SSSR count). The molecule has 1 fully saturated rings. The van der Waals surface area contributed by atoms with E-state index in [-0.39, 0.29) is 17.6 Å². The number of nitrogens with zero attached hydrogens (tertiary/aromatic N) is 1. The van der Waals surface area contributed by atoms with Gasteiger partial charge in [0.15, 0.2) is 11.5 Å². The van der Waals surface area contributed by atoms with Crippen LogP contribution in [0.2, 0.25) is 5.02 Å². The molecule has 1 saturated heterocycles. The van der Waals surface area contributed by atoms with Crippen LogP contribution in [0.25, 0.3) is 6.08 Å². The van der Waals surface area contributed by atoms with Gasteiger partial charge < -0.3 is 14.2 Å². The first-order valence-electron chi connectivity index (χ1n) is 11.0. The Labute approximate surface area is 227 Å². The lowest BCUT2D eigenvalue weighted by atomic mass is 10.1. The maximum atomic E-state index is 12.8. The number of halogens is 2. The molecule has 0 N–H and O–H groups in total. The van der Waals surface area contributed by atoms with E-state index in [9.17, 15) is 14.4 Å². The first kappa shape index (κ1) is 27.3. The molecule has 1 heterocycles. The highest BCUT2D eigenvalue weighted by molar-refractivity contribution is 14.1. The molecule has 1 aliphatic rings. The summed E-state index contributed by atoms with van der Waals surface area (Å²) in [4.78, 5) is 38.4. The molecule has 0 saturated carbocycles. The smallest absolute Gasteiger partial charge is 0.326 e. The summed E-state index contributed by atoms with van der Waals surface area (Å²) in [6.07, 6.45) is 1.97. The van der Waals surface area contributed by atoms with Crippen molar-refractivity contribution in [1.82, 2.24) is 4.90 Å². The minimum absolute atomic E-state index is 0.217. The van der Waals surface area contributed by atoms with E-state index in [1.54, 1.807) is 25.1 Å². The molecular formula is C25H25ClINO6S. The van der Waals surface area contributed by atoms with Gasteiger partial charge in [0, 0.05) is 10.6 Å². The highest BCUT2D eigenvalue weighted by atomic mass is 127. The summed E-state index contributed by atoms with van der Waals surface area (Å²) in [5, 5.41) is 0.0996. The lowest BCUT2D eigenvalue weighted by molar-refractivity contribution is -0.150. The van der Waals surface area contributed by atoms with Crippen LogP contribution in [0.1, 0.15) is 38.3 Å². The molecule has 0 aromatic heterocycles. The quantitative estimate of drug-likeness (QED) is 0.173. The second-order valence-electron chi connectivity index (χ2n) is 7.62. The molecule has 0 spiro atoms. The van der Waals surface area contributed by atoms with Crippen LogP contribution in [-0.4, -0.2) is 41.3 Å². The zero-order chi connectivity index (χ0) is 25.5. The highest BCUT2D eigenvalue weighted by Gasteiger charge is 2.37. The Morgan fingerprint density at radius 1 is 1.20 bits per heavy atom. The highest BCUT2D eigenvalue weighted by Crippen LogP contribution is 2.38. The Balaban J connectivity index is 1.80. The van der Waals surface area contributed by atoms with Crippen molar-refractivity contribution in [3.8, 4) is 11.5 Å². The topological polar surface area (TPSA) is 82.1 Å². The van der Waals surface area contributed by atoms with Crippen molar-refractivity contribution in [3.05, 3.63) is 61.0 Å². The van der Waals surface area contributed by atoms with E-state index in [0.29, 0.717) is 35.1 Å². The van der Waals surface area contributed by atoms with Gasteiger partial charge in [0.05, 0.1) is 21.2 Å². The van der Waals surface area contributed by atoms with E-state index < -0.39 is 23.7 Å². The number of rotatable bonds is 10. The molecule has 10 heteroatoms. The third-order valence-corrected chi connectivity index (χ3v) is 7.11. The van der Waals surface area contributed by atoms with Gasteiger partial charge in [-0.25, -0.2) is 0 Å². The van der Waals surface area contributed by atoms with E-state index in [1.807, 2.05) is 38.1 Å². The van der Waals surface area contributed by atoms with Crippen LogP contribution in [0.5, 0.6) is 11.5 Å². The standard InChI is InChI=1S/C25H25ClINO6S/c1-4-15(3)34-22(29)13-28-24(30)21(35-25(28)31)12-16-10-19(27)23(20(11-16)32-5-2)33-14-17-8-6-7-9-18(17)26/h6-12,15H,4-5,13-14H2,1-3H3/b21-12+/t15-/m1/s1. The van der Waals surface area contributed by atoms with E-state index in [2.05, 4.69) is 22.6 Å². The Kier molecular flexibility index (Phi) is 9.88. The molecule has 2 aromatic rings. The molecule has 0 unspecified atom stereocenters. The number of amides is 2. The molecule has 0 aliphatic carbocycles. The monoisotopic (exact) mass is 629 g/mol. The van der Waals surface area contributed by atoms with Gasteiger partial charge in [0.2, 0.25) is 0 Å². The van der Waals surface area contributed by atoms with Crippen molar-refractivity contribution >= 4 is 69.1 Å². The Hall–Kier alpha value is -2.24. The van der Waals surface area contributed by atoms with Gasteiger partial charge in [-0.1, -0.05) is 36.7 Å². The van der Waals surface area contributed by atoms with Crippen molar-refractivity contribution in [2.45, 2.75) is 39.9 Å². The predicted octanol–water partition coefficient (Wildman–Crippen LogP) is 6.30. The summed E-state index contributed by atoms with van der Waals surface area (Å²) >= 11 is 9.16. The molecule has 186 valence electrons. The largest absolute Gasteiger partial charge is 0.490 e. The second-order valence-corrected chi connectivity index (χ2v) is 10.2. The average Bonchev–Trinajstić information content (AvgIpc) is 3.06. The number of benzene rings is 2. The molecule has 7 nitrogen and oxygen atoms in total. The second kappa shape index (κ2) is 12.6. The van der Waals surface area contributed by atoms with Crippen molar-refractivity contribution in [2.24, 2.45) is 0 Å². The summed E-state index contributed by atoms with van der Waals surface area (Å²) in [7, 11) is 0. The molecule has 2 amide bonds. The number of thioether (sulfide) groups is 1. The number of carbonyl (C=O) groups is 3. The van der Waals surface area contributed by atoms with Crippen LogP contribution in [0.15, 0.2) is 41.3 Å². The van der Waals surface area contributed by atoms with Crippen LogP contribution in [-0.2, 0) is 20.9 Å². The number of hydrogen-bond donors (Lipinski definition) is 0. The fourth-order valence-corrected chi connectivity index (χ4v) is 4.91. The Morgan fingerprint density at radius 2 is 1.94 bits per heavy atom. The third kappa shape index (κ3) is 7.14. The number of ether oxygens (including phenoxy) is 3. The summed E-state index contributed by atoms with van der Waals surface area (Å²) < 4.78 is 17.8. The van der Waals surface area contributed by atoms with Gasteiger partial charge in [-0.3, -0.25) is 19.3 Å². The first-order chi connectivity index (χ1) is 16.7. The van der Waals surface area contributed by atoms with Gasteiger partial charge in [-0.15, -0.1) is 0 Å². The minimum atomic E-state index is -0.615. The van der Waals surface area contributed by atoms with Crippen LogP contribution in [0, 0.1) is 3.57 Å². The summed E-state index contributed by atoms with van der Waals surface area (Å²) in [5.74, 6) is -0.0799. The lowest BCUT2D eigenvalue weighted by Crippen LogP contribution is -2.35. The van der Waals surface area contributed by atoms with Gasteiger partial charge in [0.1, 0.15) is 13.2 Å². The normalized spacial score (nSPS) is 15.5. The van der Waals surface area contributed by atoms with Crippen molar-refractivity contribution in [2.75, 3.05) is 13.2 Å². The van der Waals surface area contributed by atoms with E-state index >= 15 is 0 Å². The minimum Gasteiger partial charge on any atom is -0.490 e. The van der Waals surface area contributed by atoms with Crippen molar-refractivity contribution in [1.29, 1.82) is 0 Å². The van der Waals surface area contributed by atoms with Gasteiger partial charge in [-0.2, -0.15) is 0 Å². The zero-order valence-electron chi connectivity index (χ0n) is 19.5. The predicted molar refractivity (Wildman–Crippen MR) is 145 cm³/mol. The number of esters is 1. The van der Waals surface area contributed by atoms with Crippen LogP contribution < -0.4 is 9.47 Å². The van der Waals surface area contributed by atoms with Crippen LogP contribution >= 0.6 is 46.0 Å². The Morgan fingerprint density at radius 3 is 2.63 bits per heavy atom. The van der Waals surface area contributed by atoms with E-state index in [1.165, 1.54) is 0 Å². The number of hydrogen-bond acceptors (Lipinski definition) is 7. The molecule has 0 bridgehead atoms. The molecular weight excluding hydrogens is 605 g/mol. The molecule has 35 heavy (non-hydrogen) atoms. The average molecular weight is 630 g/mol. The van der Waals surface area contributed by atoms with Gasteiger partial charge in [-0.05, 0) is 84.5 Å². The molecule has 0 radical (unpaired) electrons. The van der Waals surface area contributed by atoms with Crippen molar-refractivity contribution < 1.29 is 28.6 Å². The SMILES string of the molecule is CCOc1cc(/C=C2/SC(=O)N(CC(=O)O[C@H](C)CC)C2=O)cc(I)c1OCc1ccccc1Cl. The zero-order valence-corrected chi connectivity index (χ0v) is 23.2. The fourth-order valence-electron chi connectivity index (χ4n) is 3.10. The summed E-state index contributed by atoms with van der Waals surface area (Å²) in [6.45, 7) is 5.76. The number of imide groups is 1. The third-order valence-electron chi connectivity index (χ3n) is 5.03. The molecule has 1 atom stereocenters. The van der Waals surface area contributed by atoms with Gasteiger partial charge >= 0.3 is 5.97 Å². The van der Waals surface area contributed by atoms with E-state index in [4.69, 9.17) is 25.8 Å². The fraction of sp³-hybridized carbons (Fsp3) is 0.320. The maximum absolute atomic E-state index is 12.8. The van der Waals surface area contributed by atoms with Crippen molar-refractivity contribution in [3.63, 3.8) is 0 Å². The van der Waals surface area contributed by atoms with Crippen LogP contribution in [0.3, 0.4) is 0 Å². The molecule has 1 aliphatic heterocycles. The van der Waals surface area contributed by atoms with E-state index in [0.717, 1.165) is 25.8 Å². The summed E-state index contributed by atoms with van der Waals surface area (Å²) in [5.41, 5.74) is 1.51. The first-order valence-corrected chi connectivity index (χ1v) is 13.3. The maximum Gasteiger partial charge on any atom is 0.326 e. The Bertz CT molecular complexity index is 1150. The lowest BCUT2D eigenvalue weighted by Gasteiger charge is -2.15. The van der Waals surface area contributed by atoms with Gasteiger partial charge in [0.25, 0.3) is 11.1 Å².